The zero-order chi connectivity index (χ0) is 21.4. The number of amides is 1. The Kier molecular flexibility index (Phi) is 5.86. The number of carbonyl (C=O) groups is 1. The molecule has 1 N–H and O–H groups in total. The van der Waals surface area contributed by atoms with E-state index in [1.54, 1.807) is 0 Å². The van der Waals surface area contributed by atoms with Gasteiger partial charge in [0.25, 0.3) is 5.91 Å². The monoisotopic (exact) mass is 450 g/mol. The van der Waals surface area contributed by atoms with Gasteiger partial charge in [-0.25, -0.2) is 17.8 Å². The first-order valence-corrected chi connectivity index (χ1v) is 10.4. The normalized spacial score (nSPS) is 19.5. The van der Waals surface area contributed by atoms with Crippen LogP contribution in [0.1, 0.15) is 28.9 Å². The van der Waals surface area contributed by atoms with Gasteiger partial charge >= 0.3 is 6.18 Å². The lowest BCUT2D eigenvalue weighted by molar-refractivity contribution is -0.137. The summed E-state index contributed by atoms with van der Waals surface area (Å²) in [4.78, 5) is 15.2. The van der Waals surface area contributed by atoms with Crippen molar-refractivity contribution in [1.82, 2.24) is 10.3 Å². The van der Waals surface area contributed by atoms with Crippen LogP contribution in [-0.4, -0.2) is 31.1 Å². The van der Waals surface area contributed by atoms with Crippen LogP contribution in [-0.2, 0) is 16.0 Å². The van der Waals surface area contributed by atoms with Crippen molar-refractivity contribution in [2.24, 2.45) is 5.92 Å². The molecule has 0 unspecified atom stereocenters. The molecule has 5 nitrogen and oxygen atoms in total. The molecule has 1 aromatic carbocycles. The van der Waals surface area contributed by atoms with Crippen LogP contribution in [0, 0.1) is 11.7 Å². The minimum atomic E-state index is -4.85. The Balaban J connectivity index is 1.61. The van der Waals surface area contributed by atoms with Crippen LogP contribution in [0.4, 0.5) is 17.6 Å². The molecule has 0 aliphatic heterocycles. The Morgan fingerprint density at radius 3 is 2.48 bits per heavy atom. The quantitative estimate of drug-likeness (QED) is 0.701. The molecule has 1 amide bonds. The van der Waals surface area contributed by atoms with Gasteiger partial charge in [-0.05, 0) is 49.1 Å². The van der Waals surface area contributed by atoms with Gasteiger partial charge in [0.15, 0.2) is 9.84 Å². The fraction of sp³-hybridized carbons (Fsp3) is 0.333. The van der Waals surface area contributed by atoms with Crippen LogP contribution >= 0.6 is 11.6 Å². The maximum atomic E-state index is 13.5. The van der Waals surface area contributed by atoms with E-state index in [1.165, 1.54) is 18.3 Å². The summed E-state index contributed by atoms with van der Waals surface area (Å²) in [6.45, 7) is 0.187. The van der Waals surface area contributed by atoms with Gasteiger partial charge in [-0.15, -0.1) is 0 Å². The fourth-order valence-corrected chi connectivity index (χ4v) is 5.13. The van der Waals surface area contributed by atoms with Gasteiger partial charge < -0.3 is 5.32 Å². The van der Waals surface area contributed by atoms with E-state index < -0.39 is 43.4 Å². The molecule has 0 saturated heterocycles. The fourth-order valence-electron chi connectivity index (χ4n) is 3.02. The van der Waals surface area contributed by atoms with Crippen molar-refractivity contribution in [1.29, 1.82) is 0 Å². The summed E-state index contributed by atoms with van der Waals surface area (Å²) in [5.74, 6) is -1.88. The minimum Gasteiger partial charge on any atom is -0.350 e. The van der Waals surface area contributed by atoms with Gasteiger partial charge in [-0.2, -0.15) is 13.2 Å². The second-order valence-corrected chi connectivity index (χ2v) is 9.41. The number of halogens is 5. The zero-order valence-corrected chi connectivity index (χ0v) is 16.3. The molecule has 3 rings (SSSR count). The molecule has 29 heavy (non-hydrogen) atoms. The Morgan fingerprint density at radius 2 is 1.90 bits per heavy atom. The van der Waals surface area contributed by atoms with Crippen LogP contribution in [0.3, 0.4) is 0 Å². The number of pyridine rings is 1. The minimum absolute atomic E-state index is 0.147. The molecule has 0 radical (unpaired) electrons. The van der Waals surface area contributed by atoms with E-state index in [4.69, 9.17) is 11.6 Å². The van der Waals surface area contributed by atoms with Crippen molar-refractivity contribution < 1.29 is 30.8 Å². The molecule has 2 aromatic rings. The smallest absolute Gasteiger partial charge is 0.350 e. The predicted octanol–water partition coefficient (Wildman–Crippen LogP) is 3.88. The number of alkyl halides is 3. The van der Waals surface area contributed by atoms with Crippen LogP contribution in [0.5, 0.6) is 0 Å². The highest BCUT2D eigenvalue weighted by molar-refractivity contribution is 7.92. The molecule has 1 fully saturated rings. The van der Waals surface area contributed by atoms with Gasteiger partial charge in [0, 0.05) is 12.7 Å². The van der Waals surface area contributed by atoms with Crippen molar-refractivity contribution >= 4 is 27.3 Å². The summed E-state index contributed by atoms with van der Waals surface area (Å²) >= 11 is 5.69. The van der Waals surface area contributed by atoms with Crippen LogP contribution in [0.25, 0.3) is 0 Å². The Hall–Kier alpha value is -2.20. The maximum Gasteiger partial charge on any atom is 0.416 e. The molecule has 0 spiro atoms. The standard InChI is InChI=1S/C18H15ClF4N2O3S/c19-12-1-2-16(24-9-12)17(26)25-8-10-3-14(4-10)29(27,28)15-6-11(18(21,22)23)5-13(20)7-15/h1-2,5-7,9-10,14H,3-4,8H2,(H,25,26). The van der Waals surface area contributed by atoms with Crippen LogP contribution in [0.15, 0.2) is 41.4 Å². The number of carbonyl (C=O) groups excluding carboxylic acids is 1. The van der Waals surface area contributed by atoms with E-state index in [1.807, 2.05) is 0 Å². The average Bonchev–Trinajstić information content (AvgIpc) is 2.59. The highest BCUT2D eigenvalue weighted by atomic mass is 35.5. The Bertz CT molecular complexity index is 1020. The van der Waals surface area contributed by atoms with Crippen LogP contribution < -0.4 is 5.32 Å². The summed E-state index contributed by atoms with van der Waals surface area (Å²) < 4.78 is 77.1. The number of nitrogens with one attached hydrogen (secondary N) is 1. The average molecular weight is 451 g/mol. The number of hydrogen-bond acceptors (Lipinski definition) is 4. The third-order valence-corrected chi connectivity index (χ3v) is 7.05. The lowest BCUT2D eigenvalue weighted by atomic mass is 9.85. The Labute approximate surface area is 169 Å². The predicted molar refractivity (Wildman–Crippen MR) is 96.7 cm³/mol. The van der Waals surface area contributed by atoms with Crippen molar-refractivity contribution in [2.75, 3.05) is 6.54 Å². The summed E-state index contributed by atoms with van der Waals surface area (Å²) in [5, 5.41) is 2.07. The number of nitrogens with zero attached hydrogens (tertiary/aromatic N) is 1. The maximum absolute atomic E-state index is 13.5. The molecule has 1 heterocycles. The molecular weight excluding hydrogens is 436 g/mol. The molecule has 1 aliphatic carbocycles. The first kappa shape index (κ1) is 21.5. The van der Waals surface area contributed by atoms with Crippen molar-refractivity contribution in [3.8, 4) is 0 Å². The molecule has 1 saturated carbocycles. The first-order chi connectivity index (χ1) is 13.5. The lowest BCUT2D eigenvalue weighted by Crippen LogP contribution is -2.42. The summed E-state index contributed by atoms with van der Waals surface area (Å²) in [5.41, 5.74) is -1.20. The van der Waals surface area contributed by atoms with Gasteiger partial charge in [0.05, 0.1) is 20.7 Å². The van der Waals surface area contributed by atoms with E-state index in [0.717, 1.165) is 0 Å². The molecule has 1 aromatic heterocycles. The summed E-state index contributed by atoms with van der Waals surface area (Å²) in [6.07, 6.45) is -3.24. The Morgan fingerprint density at radius 1 is 1.21 bits per heavy atom. The third-order valence-electron chi connectivity index (χ3n) is 4.67. The number of benzene rings is 1. The van der Waals surface area contributed by atoms with Gasteiger partial charge in [-0.3, -0.25) is 4.79 Å². The molecule has 0 atom stereocenters. The molecule has 0 bridgehead atoms. The number of aromatic nitrogens is 1. The SMILES string of the molecule is O=C(NCC1CC(S(=O)(=O)c2cc(F)cc(C(F)(F)F)c2)C1)c1ccc(Cl)cn1. The number of sulfone groups is 1. The molecule has 11 heteroatoms. The summed E-state index contributed by atoms with van der Waals surface area (Å²) in [6, 6.07) is 4.23. The van der Waals surface area contributed by atoms with Crippen molar-refractivity contribution in [3.05, 3.63) is 58.6 Å². The first-order valence-electron chi connectivity index (χ1n) is 8.48. The third kappa shape index (κ3) is 4.87. The zero-order valence-electron chi connectivity index (χ0n) is 14.7. The number of rotatable bonds is 5. The molecule has 1 aliphatic rings. The van der Waals surface area contributed by atoms with Crippen molar-refractivity contribution in [2.45, 2.75) is 29.2 Å². The van der Waals surface area contributed by atoms with Crippen LogP contribution in [0.2, 0.25) is 5.02 Å². The van der Waals surface area contributed by atoms with Crippen molar-refractivity contribution in [3.63, 3.8) is 0 Å². The van der Waals surface area contributed by atoms with E-state index >= 15 is 0 Å². The second kappa shape index (κ2) is 7.91. The van der Waals surface area contributed by atoms with Gasteiger partial charge in [0.1, 0.15) is 11.5 Å². The number of hydrogen-bond donors (Lipinski definition) is 1. The van der Waals surface area contributed by atoms with E-state index in [9.17, 15) is 30.8 Å². The van der Waals surface area contributed by atoms with Gasteiger partial charge in [-0.1, -0.05) is 11.6 Å². The lowest BCUT2D eigenvalue weighted by Gasteiger charge is -2.35. The highest BCUT2D eigenvalue weighted by Gasteiger charge is 2.41. The van der Waals surface area contributed by atoms with E-state index in [-0.39, 0.29) is 37.1 Å². The van der Waals surface area contributed by atoms with E-state index in [2.05, 4.69) is 10.3 Å². The molecular formula is C18H15ClF4N2O3S. The highest BCUT2D eigenvalue weighted by Crippen LogP contribution is 2.38. The molecule has 156 valence electrons. The summed E-state index contributed by atoms with van der Waals surface area (Å²) in [7, 11) is -4.12. The largest absolute Gasteiger partial charge is 0.416 e. The second-order valence-electron chi connectivity index (χ2n) is 6.75. The van der Waals surface area contributed by atoms with E-state index in [0.29, 0.717) is 17.2 Å². The topological polar surface area (TPSA) is 76.1 Å². The van der Waals surface area contributed by atoms with Gasteiger partial charge in [0.2, 0.25) is 0 Å².